The minimum absolute atomic E-state index is 0.196. The van der Waals surface area contributed by atoms with Gasteiger partial charge in [-0.3, -0.25) is 14.6 Å². The average molecular weight is 387 g/mol. The topological polar surface area (TPSA) is 71.1 Å². The van der Waals surface area contributed by atoms with E-state index in [4.69, 9.17) is 0 Å². The number of aromatic nitrogens is 1. The van der Waals surface area contributed by atoms with Crippen molar-refractivity contribution in [2.24, 2.45) is 0 Å². The molecule has 2 aromatic carbocycles. The van der Waals surface area contributed by atoms with Crippen LogP contribution in [0.2, 0.25) is 0 Å². The summed E-state index contributed by atoms with van der Waals surface area (Å²) < 4.78 is 0. The Labute approximate surface area is 171 Å². The fourth-order valence-corrected chi connectivity index (χ4v) is 2.99. The summed E-state index contributed by atoms with van der Waals surface area (Å²) in [7, 11) is 0. The number of pyridine rings is 1. The first-order valence-corrected chi connectivity index (χ1v) is 9.82. The molecule has 1 aromatic heterocycles. The number of carbonyl (C=O) groups excluding carboxylic acids is 2. The third-order valence-electron chi connectivity index (χ3n) is 4.57. The molecular formula is C24H25N3O2. The molecule has 0 fully saturated rings. The van der Waals surface area contributed by atoms with Crippen LogP contribution in [0.4, 0.5) is 0 Å². The molecule has 0 bridgehead atoms. The predicted octanol–water partition coefficient (Wildman–Crippen LogP) is 3.42. The maximum atomic E-state index is 12.4. The molecule has 29 heavy (non-hydrogen) atoms. The van der Waals surface area contributed by atoms with E-state index in [2.05, 4.69) is 27.8 Å². The standard InChI is InChI=1S/C24H25N3O2/c28-23(26-15-7-12-19-8-3-1-4-9-19)21-14-17-25-22(18-21)24(29)27-16-13-20-10-5-2-6-11-20/h1-6,8-11,14,17-18H,7,12-13,15-16H2,(H,26,28)(H,27,29). The summed E-state index contributed by atoms with van der Waals surface area (Å²) in [4.78, 5) is 28.8. The first-order chi connectivity index (χ1) is 14.2. The molecule has 148 valence electrons. The molecule has 0 saturated heterocycles. The SMILES string of the molecule is O=C(NCCCc1ccccc1)c1ccnc(C(=O)NCCc2ccccc2)c1. The number of amides is 2. The van der Waals surface area contributed by atoms with Gasteiger partial charge in [-0.05, 0) is 42.5 Å². The number of aryl methyl sites for hydroxylation is 1. The Bertz CT molecular complexity index is 927. The summed E-state index contributed by atoms with van der Waals surface area (Å²) in [5, 5.41) is 5.75. The van der Waals surface area contributed by atoms with Crippen LogP contribution in [0.3, 0.4) is 0 Å². The molecular weight excluding hydrogens is 362 g/mol. The Morgan fingerprint density at radius 1 is 0.724 bits per heavy atom. The lowest BCUT2D eigenvalue weighted by molar-refractivity contribution is 0.0949. The molecule has 0 saturated carbocycles. The number of nitrogens with one attached hydrogen (secondary N) is 2. The second-order valence-electron chi connectivity index (χ2n) is 6.77. The Balaban J connectivity index is 1.45. The third kappa shape index (κ3) is 6.57. The average Bonchev–Trinajstić information content (AvgIpc) is 2.78. The Morgan fingerprint density at radius 2 is 1.34 bits per heavy atom. The van der Waals surface area contributed by atoms with Crippen LogP contribution in [0.5, 0.6) is 0 Å². The number of carbonyl (C=O) groups is 2. The fourth-order valence-electron chi connectivity index (χ4n) is 2.99. The van der Waals surface area contributed by atoms with Crippen LogP contribution in [-0.2, 0) is 12.8 Å². The largest absolute Gasteiger partial charge is 0.352 e. The quantitative estimate of drug-likeness (QED) is 0.553. The lowest BCUT2D eigenvalue weighted by Crippen LogP contribution is -2.28. The maximum Gasteiger partial charge on any atom is 0.269 e. The molecule has 2 amide bonds. The number of rotatable bonds is 9. The Morgan fingerprint density at radius 3 is 2.03 bits per heavy atom. The van der Waals surface area contributed by atoms with Gasteiger partial charge in [0.2, 0.25) is 0 Å². The predicted molar refractivity (Wildman–Crippen MR) is 114 cm³/mol. The third-order valence-corrected chi connectivity index (χ3v) is 4.57. The molecule has 0 aliphatic carbocycles. The molecule has 3 aromatic rings. The molecule has 5 heteroatoms. The highest BCUT2D eigenvalue weighted by Gasteiger charge is 2.11. The fraction of sp³-hybridized carbons (Fsp3) is 0.208. The number of nitrogens with zero attached hydrogens (tertiary/aromatic N) is 1. The van der Waals surface area contributed by atoms with Crippen LogP contribution in [0, 0.1) is 0 Å². The molecule has 0 aliphatic rings. The van der Waals surface area contributed by atoms with Gasteiger partial charge in [-0.25, -0.2) is 0 Å². The van der Waals surface area contributed by atoms with E-state index in [1.54, 1.807) is 6.07 Å². The van der Waals surface area contributed by atoms with Crippen LogP contribution < -0.4 is 10.6 Å². The van der Waals surface area contributed by atoms with Crippen LogP contribution in [-0.4, -0.2) is 29.9 Å². The van der Waals surface area contributed by atoms with Gasteiger partial charge in [0.05, 0.1) is 0 Å². The first kappa shape index (κ1) is 20.3. The lowest BCUT2D eigenvalue weighted by atomic mass is 10.1. The van der Waals surface area contributed by atoms with Crippen LogP contribution in [0.15, 0.2) is 79.0 Å². The van der Waals surface area contributed by atoms with Crippen molar-refractivity contribution in [3.63, 3.8) is 0 Å². The van der Waals surface area contributed by atoms with Crippen LogP contribution >= 0.6 is 0 Å². The highest BCUT2D eigenvalue weighted by Crippen LogP contribution is 2.05. The van der Waals surface area contributed by atoms with Gasteiger partial charge in [0.25, 0.3) is 11.8 Å². The molecule has 0 aliphatic heterocycles. The van der Waals surface area contributed by atoms with Crippen LogP contribution in [0.25, 0.3) is 0 Å². The van der Waals surface area contributed by atoms with Crippen molar-refractivity contribution in [1.29, 1.82) is 0 Å². The molecule has 0 spiro atoms. The summed E-state index contributed by atoms with van der Waals surface area (Å²) in [5.74, 6) is -0.474. The van der Waals surface area contributed by atoms with E-state index in [0.717, 1.165) is 24.8 Å². The number of benzene rings is 2. The number of hydrogen-bond acceptors (Lipinski definition) is 3. The van der Waals surface area contributed by atoms with Gasteiger partial charge in [-0.2, -0.15) is 0 Å². The first-order valence-electron chi connectivity index (χ1n) is 9.82. The molecule has 0 unspecified atom stereocenters. The van der Waals surface area contributed by atoms with E-state index in [1.807, 2.05) is 48.5 Å². The summed E-state index contributed by atoms with van der Waals surface area (Å²) in [5.41, 5.74) is 3.09. The summed E-state index contributed by atoms with van der Waals surface area (Å²) in [6.07, 6.45) is 4.00. The number of hydrogen-bond donors (Lipinski definition) is 2. The summed E-state index contributed by atoms with van der Waals surface area (Å²) in [6.45, 7) is 1.09. The Hall–Kier alpha value is -3.47. The molecule has 0 radical (unpaired) electrons. The van der Waals surface area contributed by atoms with Crippen molar-refractivity contribution < 1.29 is 9.59 Å². The van der Waals surface area contributed by atoms with Crippen LogP contribution in [0.1, 0.15) is 38.4 Å². The zero-order valence-corrected chi connectivity index (χ0v) is 16.3. The smallest absolute Gasteiger partial charge is 0.269 e. The minimum Gasteiger partial charge on any atom is -0.352 e. The molecule has 2 N–H and O–H groups in total. The molecule has 1 heterocycles. The van der Waals surface area contributed by atoms with E-state index in [0.29, 0.717) is 18.7 Å². The van der Waals surface area contributed by atoms with Gasteiger partial charge >= 0.3 is 0 Å². The van der Waals surface area contributed by atoms with E-state index >= 15 is 0 Å². The van der Waals surface area contributed by atoms with Crippen molar-refractivity contribution in [1.82, 2.24) is 15.6 Å². The van der Waals surface area contributed by atoms with E-state index < -0.39 is 0 Å². The lowest BCUT2D eigenvalue weighted by Gasteiger charge is -2.08. The van der Waals surface area contributed by atoms with E-state index in [1.165, 1.54) is 17.8 Å². The van der Waals surface area contributed by atoms with Gasteiger partial charge in [0, 0.05) is 24.8 Å². The minimum atomic E-state index is -0.278. The monoisotopic (exact) mass is 387 g/mol. The van der Waals surface area contributed by atoms with E-state index in [9.17, 15) is 9.59 Å². The summed E-state index contributed by atoms with van der Waals surface area (Å²) in [6, 6.07) is 23.3. The Kier molecular flexibility index (Phi) is 7.52. The summed E-state index contributed by atoms with van der Waals surface area (Å²) >= 11 is 0. The van der Waals surface area contributed by atoms with Gasteiger partial charge in [-0.15, -0.1) is 0 Å². The molecule has 5 nitrogen and oxygen atoms in total. The highest BCUT2D eigenvalue weighted by molar-refractivity contribution is 5.98. The molecule has 3 rings (SSSR count). The van der Waals surface area contributed by atoms with Gasteiger partial charge < -0.3 is 10.6 Å². The van der Waals surface area contributed by atoms with Gasteiger partial charge in [0.1, 0.15) is 5.69 Å². The van der Waals surface area contributed by atoms with Crippen molar-refractivity contribution >= 4 is 11.8 Å². The van der Waals surface area contributed by atoms with Crippen molar-refractivity contribution in [3.05, 3.63) is 101 Å². The normalized spacial score (nSPS) is 10.3. The van der Waals surface area contributed by atoms with Gasteiger partial charge in [-0.1, -0.05) is 60.7 Å². The molecule has 0 atom stereocenters. The van der Waals surface area contributed by atoms with Gasteiger partial charge in [0.15, 0.2) is 0 Å². The van der Waals surface area contributed by atoms with Crippen molar-refractivity contribution in [2.45, 2.75) is 19.3 Å². The van der Waals surface area contributed by atoms with E-state index in [-0.39, 0.29) is 17.5 Å². The maximum absolute atomic E-state index is 12.4. The zero-order chi connectivity index (χ0) is 20.3. The highest BCUT2D eigenvalue weighted by atomic mass is 16.2. The van der Waals surface area contributed by atoms with Crippen molar-refractivity contribution in [2.75, 3.05) is 13.1 Å². The second kappa shape index (κ2) is 10.8. The van der Waals surface area contributed by atoms with Crippen molar-refractivity contribution in [3.8, 4) is 0 Å². The second-order valence-corrected chi connectivity index (χ2v) is 6.77. The zero-order valence-electron chi connectivity index (χ0n) is 16.3.